The summed E-state index contributed by atoms with van der Waals surface area (Å²) in [5.41, 5.74) is 0. The molecule has 0 amide bonds. The van der Waals surface area contributed by atoms with Crippen LogP contribution in [0.1, 0.15) is 38.4 Å². The van der Waals surface area contributed by atoms with Crippen LogP contribution in [-0.2, 0) is 16.6 Å². The number of nitrogens with zero attached hydrogens (tertiary/aromatic N) is 2. The molecule has 1 aliphatic carbocycles. The Morgan fingerprint density at radius 2 is 2.05 bits per heavy atom. The van der Waals surface area contributed by atoms with Gasteiger partial charge in [0.25, 0.3) is 10.0 Å². The first-order chi connectivity index (χ1) is 9.42. The van der Waals surface area contributed by atoms with Crippen LogP contribution in [0.5, 0.6) is 0 Å². The van der Waals surface area contributed by atoms with E-state index in [1.807, 2.05) is 11.5 Å². The molecule has 1 aromatic heterocycles. The normalized spacial score (nSPS) is 23.9. The maximum absolute atomic E-state index is 12.2. The summed E-state index contributed by atoms with van der Waals surface area (Å²) in [5.74, 6) is 1.01. The number of hydrogen-bond acceptors (Lipinski definition) is 4. The van der Waals surface area contributed by atoms with Gasteiger partial charge < -0.3 is 9.67 Å². The molecule has 1 aliphatic rings. The van der Waals surface area contributed by atoms with Crippen molar-refractivity contribution in [3.05, 3.63) is 12.0 Å². The van der Waals surface area contributed by atoms with Crippen molar-refractivity contribution in [3.63, 3.8) is 0 Å². The van der Waals surface area contributed by atoms with Crippen LogP contribution in [-0.4, -0.2) is 35.7 Å². The summed E-state index contributed by atoms with van der Waals surface area (Å²) in [6.07, 6.45) is 4.61. The molecule has 0 saturated heterocycles. The summed E-state index contributed by atoms with van der Waals surface area (Å²) in [7, 11) is -3.53. The molecular weight excluding hydrogens is 278 g/mol. The summed E-state index contributed by atoms with van der Waals surface area (Å²) < 4.78 is 28.8. The molecule has 1 fully saturated rings. The number of rotatable bonds is 5. The molecule has 1 heterocycles. The average Bonchev–Trinajstić information content (AvgIpc) is 2.80. The highest BCUT2D eigenvalue weighted by molar-refractivity contribution is 7.89. The number of aromatic nitrogens is 2. The van der Waals surface area contributed by atoms with Crippen LogP contribution in [0.4, 0.5) is 0 Å². The van der Waals surface area contributed by atoms with Crippen LogP contribution >= 0.6 is 0 Å². The molecule has 0 aliphatic heterocycles. The molecule has 0 unspecified atom stereocenters. The lowest BCUT2D eigenvalue weighted by molar-refractivity contribution is 0.109. The lowest BCUT2D eigenvalue weighted by Gasteiger charge is -2.25. The molecule has 0 spiro atoms. The Labute approximate surface area is 120 Å². The maximum Gasteiger partial charge on any atom is 0.259 e. The average molecular weight is 301 g/mol. The number of nitrogens with one attached hydrogen (secondary N) is 1. The first kappa shape index (κ1) is 15.5. The van der Waals surface area contributed by atoms with E-state index in [0.29, 0.717) is 24.8 Å². The first-order valence-corrected chi connectivity index (χ1v) is 8.62. The van der Waals surface area contributed by atoms with Crippen molar-refractivity contribution in [2.24, 2.45) is 5.92 Å². The highest BCUT2D eigenvalue weighted by Gasteiger charge is 2.23. The number of aryl methyl sites for hydroxylation is 2. The van der Waals surface area contributed by atoms with Crippen LogP contribution in [0.3, 0.4) is 0 Å². The van der Waals surface area contributed by atoms with E-state index < -0.39 is 10.0 Å². The van der Waals surface area contributed by atoms with Gasteiger partial charge in [0.1, 0.15) is 5.82 Å². The van der Waals surface area contributed by atoms with Gasteiger partial charge in [-0.15, -0.1) is 0 Å². The topological polar surface area (TPSA) is 84.2 Å². The lowest BCUT2D eigenvalue weighted by Crippen LogP contribution is -2.32. The van der Waals surface area contributed by atoms with Gasteiger partial charge in [-0.2, -0.15) is 0 Å². The molecule has 0 aromatic carbocycles. The molecule has 6 nitrogen and oxygen atoms in total. The van der Waals surface area contributed by atoms with E-state index in [1.54, 1.807) is 13.1 Å². The zero-order valence-electron chi connectivity index (χ0n) is 12.0. The van der Waals surface area contributed by atoms with Crippen LogP contribution < -0.4 is 4.72 Å². The van der Waals surface area contributed by atoms with Gasteiger partial charge in [-0.3, -0.25) is 0 Å². The zero-order valence-corrected chi connectivity index (χ0v) is 12.9. The predicted octanol–water partition coefficient (Wildman–Crippen LogP) is 1.04. The molecular formula is C13H23N3O3S. The van der Waals surface area contributed by atoms with E-state index in [-0.39, 0.29) is 11.1 Å². The Bertz CT molecular complexity index is 545. The maximum atomic E-state index is 12.2. The van der Waals surface area contributed by atoms with Gasteiger partial charge in [-0.1, -0.05) is 0 Å². The third kappa shape index (κ3) is 3.59. The molecule has 2 rings (SSSR count). The fraction of sp³-hybridized carbons (Fsp3) is 0.769. The predicted molar refractivity (Wildman–Crippen MR) is 75.8 cm³/mol. The number of imidazole rings is 1. The second-order valence-electron chi connectivity index (χ2n) is 5.44. The molecule has 7 heteroatoms. The molecule has 114 valence electrons. The SMILES string of the molecule is CCn1cc(S(=O)(=O)NCC2CCC(O)CC2)nc1C. The Morgan fingerprint density at radius 3 is 2.60 bits per heavy atom. The quantitative estimate of drug-likeness (QED) is 0.851. The van der Waals surface area contributed by atoms with E-state index in [1.165, 1.54) is 0 Å². The van der Waals surface area contributed by atoms with Crippen molar-refractivity contribution in [3.8, 4) is 0 Å². The number of hydrogen-bond donors (Lipinski definition) is 2. The van der Waals surface area contributed by atoms with Gasteiger partial charge in [0.05, 0.1) is 6.10 Å². The highest BCUT2D eigenvalue weighted by atomic mass is 32.2. The monoisotopic (exact) mass is 301 g/mol. The zero-order chi connectivity index (χ0) is 14.8. The summed E-state index contributed by atoms with van der Waals surface area (Å²) in [6.45, 7) is 4.87. The van der Waals surface area contributed by atoms with Crippen molar-refractivity contribution in [1.29, 1.82) is 0 Å². The number of sulfonamides is 1. The third-order valence-corrected chi connectivity index (χ3v) is 5.24. The van der Waals surface area contributed by atoms with Crippen molar-refractivity contribution >= 4 is 10.0 Å². The fourth-order valence-electron chi connectivity index (χ4n) is 2.58. The largest absolute Gasteiger partial charge is 0.393 e. The molecule has 0 atom stereocenters. The second-order valence-corrected chi connectivity index (χ2v) is 7.15. The van der Waals surface area contributed by atoms with E-state index in [9.17, 15) is 13.5 Å². The van der Waals surface area contributed by atoms with Crippen molar-refractivity contribution < 1.29 is 13.5 Å². The van der Waals surface area contributed by atoms with Gasteiger partial charge in [0.15, 0.2) is 5.03 Å². The molecule has 0 radical (unpaired) electrons. The summed E-state index contributed by atoms with van der Waals surface area (Å²) in [5, 5.41) is 9.53. The van der Waals surface area contributed by atoms with Crippen LogP contribution in [0.2, 0.25) is 0 Å². The Balaban J connectivity index is 1.96. The molecule has 1 saturated carbocycles. The van der Waals surface area contributed by atoms with Gasteiger partial charge >= 0.3 is 0 Å². The first-order valence-electron chi connectivity index (χ1n) is 7.14. The van der Waals surface area contributed by atoms with E-state index >= 15 is 0 Å². The third-order valence-electron chi connectivity index (χ3n) is 3.95. The van der Waals surface area contributed by atoms with Gasteiger partial charge in [-0.25, -0.2) is 18.1 Å². The van der Waals surface area contributed by atoms with Crippen molar-refractivity contribution in [2.45, 2.75) is 57.2 Å². The molecule has 1 aromatic rings. The summed E-state index contributed by atoms with van der Waals surface area (Å²) in [4.78, 5) is 4.10. The highest BCUT2D eigenvalue weighted by Crippen LogP contribution is 2.23. The molecule has 2 N–H and O–H groups in total. The van der Waals surface area contributed by atoms with Crippen LogP contribution in [0.15, 0.2) is 11.2 Å². The van der Waals surface area contributed by atoms with Gasteiger partial charge in [0.2, 0.25) is 0 Å². The Kier molecular flexibility index (Phi) is 4.82. The van der Waals surface area contributed by atoms with Gasteiger partial charge in [0, 0.05) is 19.3 Å². The second kappa shape index (κ2) is 6.24. The smallest absolute Gasteiger partial charge is 0.259 e. The lowest BCUT2D eigenvalue weighted by atomic mass is 9.88. The Hall–Kier alpha value is -0.920. The van der Waals surface area contributed by atoms with Crippen molar-refractivity contribution in [1.82, 2.24) is 14.3 Å². The minimum atomic E-state index is -3.53. The molecule has 20 heavy (non-hydrogen) atoms. The van der Waals surface area contributed by atoms with E-state index in [0.717, 1.165) is 25.7 Å². The summed E-state index contributed by atoms with van der Waals surface area (Å²) >= 11 is 0. The van der Waals surface area contributed by atoms with Crippen LogP contribution in [0.25, 0.3) is 0 Å². The Morgan fingerprint density at radius 1 is 1.40 bits per heavy atom. The standard InChI is InChI=1S/C13H23N3O3S/c1-3-16-9-13(15-10(16)2)20(18,19)14-8-11-4-6-12(17)7-5-11/h9,11-12,14,17H,3-8H2,1-2H3. The van der Waals surface area contributed by atoms with E-state index in [4.69, 9.17) is 0 Å². The minimum absolute atomic E-state index is 0.0905. The number of aliphatic hydroxyl groups excluding tert-OH is 1. The van der Waals surface area contributed by atoms with E-state index in [2.05, 4.69) is 9.71 Å². The molecule has 0 bridgehead atoms. The van der Waals surface area contributed by atoms with Crippen LogP contribution in [0, 0.1) is 12.8 Å². The number of aliphatic hydroxyl groups is 1. The fourth-order valence-corrected chi connectivity index (χ4v) is 3.70. The summed E-state index contributed by atoms with van der Waals surface area (Å²) in [6, 6.07) is 0. The van der Waals surface area contributed by atoms with Crippen molar-refractivity contribution in [2.75, 3.05) is 6.54 Å². The minimum Gasteiger partial charge on any atom is -0.393 e. The van der Waals surface area contributed by atoms with Gasteiger partial charge in [-0.05, 0) is 45.4 Å².